The van der Waals surface area contributed by atoms with Crippen LogP contribution in [0.3, 0.4) is 0 Å². The number of benzene rings is 3. The summed E-state index contributed by atoms with van der Waals surface area (Å²) in [7, 11) is 0. The third-order valence-electron chi connectivity index (χ3n) is 4.38. The minimum Gasteiger partial charge on any atom is -0.493 e. The van der Waals surface area contributed by atoms with Gasteiger partial charge in [-0.3, -0.25) is 0 Å². The van der Waals surface area contributed by atoms with Crippen molar-refractivity contribution in [1.29, 1.82) is 0 Å². The summed E-state index contributed by atoms with van der Waals surface area (Å²) in [5.74, 6) is 1.47. The van der Waals surface area contributed by atoms with Gasteiger partial charge in [-0.25, -0.2) is 0 Å². The Morgan fingerprint density at radius 3 is 2.18 bits per heavy atom. The Hall–Kier alpha value is -2.54. The average Bonchev–Trinajstić information content (AvgIpc) is 2.62. The molecule has 0 spiro atoms. The van der Waals surface area contributed by atoms with E-state index in [4.69, 9.17) is 4.74 Å². The van der Waals surface area contributed by atoms with E-state index in [1.54, 1.807) is 0 Å². The van der Waals surface area contributed by atoms with Gasteiger partial charge in [0.1, 0.15) is 5.75 Å². The lowest BCUT2D eigenvalue weighted by Gasteiger charge is -2.26. The summed E-state index contributed by atoms with van der Waals surface area (Å²) in [6.45, 7) is 0.794. The lowest BCUT2D eigenvalue weighted by Crippen LogP contribution is -2.14. The lowest BCUT2D eigenvalue weighted by atomic mass is 9.86. The molecule has 0 N–H and O–H groups in total. The van der Waals surface area contributed by atoms with Gasteiger partial charge in [0.2, 0.25) is 0 Å². The first-order chi connectivity index (χ1) is 10.9. The molecule has 1 nitrogen and oxygen atoms in total. The number of para-hydroxylation sites is 1. The van der Waals surface area contributed by atoms with Crippen LogP contribution < -0.4 is 4.74 Å². The Labute approximate surface area is 131 Å². The van der Waals surface area contributed by atoms with E-state index < -0.39 is 0 Å². The van der Waals surface area contributed by atoms with Crippen LogP contribution in [0.1, 0.15) is 23.5 Å². The van der Waals surface area contributed by atoms with Gasteiger partial charge in [0, 0.05) is 11.5 Å². The highest BCUT2D eigenvalue weighted by molar-refractivity contribution is 5.63. The van der Waals surface area contributed by atoms with E-state index in [1.807, 2.05) is 6.07 Å². The molecule has 3 aromatic rings. The summed E-state index contributed by atoms with van der Waals surface area (Å²) < 4.78 is 5.77. The fourth-order valence-corrected chi connectivity index (χ4v) is 3.23. The minimum atomic E-state index is 0.440. The smallest absolute Gasteiger partial charge is 0.123 e. The van der Waals surface area contributed by atoms with E-state index in [2.05, 4.69) is 72.8 Å². The summed E-state index contributed by atoms with van der Waals surface area (Å²) in [4.78, 5) is 0. The molecule has 1 aliphatic rings. The number of hydrogen-bond acceptors (Lipinski definition) is 1. The van der Waals surface area contributed by atoms with Gasteiger partial charge in [-0.05, 0) is 29.2 Å². The van der Waals surface area contributed by atoms with Gasteiger partial charge in [0.25, 0.3) is 0 Å². The zero-order valence-electron chi connectivity index (χ0n) is 12.4. The molecular formula is C21H18O. The predicted molar refractivity (Wildman–Crippen MR) is 90.3 cm³/mol. The largest absolute Gasteiger partial charge is 0.493 e. The molecule has 108 valence electrons. The molecule has 3 aromatic carbocycles. The number of hydrogen-bond donors (Lipinski definition) is 0. The van der Waals surface area contributed by atoms with Gasteiger partial charge in [-0.2, -0.15) is 0 Å². The third kappa shape index (κ3) is 2.39. The van der Waals surface area contributed by atoms with Gasteiger partial charge in [0.15, 0.2) is 0 Å². The normalized spacial score (nSPS) is 16.6. The highest BCUT2D eigenvalue weighted by Gasteiger charge is 2.22. The van der Waals surface area contributed by atoms with Gasteiger partial charge in [-0.1, -0.05) is 72.8 Å². The second-order valence-corrected chi connectivity index (χ2v) is 5.72. The predicted octanol–water partition coefficient (Wildman–Crippen LogP) is 5.27. The van der Waals surface area contributed by atoms with Crippen LogP contribution in [0, 0.1) is 0 Å². The van der Waals surface area contributed by atoms with Gasteiger partial charge in [-0.15, -0.1) is 0 Å². The molecule has 0 saturated heterocycles. The quantitative estimate of drug-likeness (QED) is 0.623. The van der Waals surface area contributed by atoms with Gasteiger partial charge >= 0.3 is 0 Å². The van der Waals surface area contributed by atoms with E-state index >= 15 is 0 Å². The Morgan fingerprint density at radius 2 is 1.36 bits per heavy atom. The molecule has 0 aromatic heterocycles. The Bertz CT molecular complexity index is 759. The Balaban J connectivity index is 1.67. The molecule has 1 heterocycles. The summed E-state index contributed by atoms with van der Waals surface area (Å²) in [6.07, 6.45) is 1.04. The van der Waals surface area contributed by atoms with E-state index in [-0.39, 0.29) is 0 Å². The zero-order valence-corrected chi connectivity index (χ0v) is 12.4. The van der Waals surface area contributed by atoms with Crippen molar-refractivity contribution >= 4 is 0 Å². The van der Waals surface area contributed by atoms with Crippen molar-refractivity contribution in [3.63, 3.8) is 0 Å². The van der Waals surface area contributed by atoms with Crippen LogP contribution in [0.2, 0.25) is 0 Å². The molecule has 0 aliphatic carbocycles. The number of ether oxygens (including phenoxy) is 1. The molecule has 1 atom stereocenters. The van der Waals surface area contributed by atoms with Crippen LogP contribution in [-0.4, -0.2) is 6.61 Å². The van der Waals surface area contributed by atoms with E-state index in [1.165, 1.54) is 22.3 Å². The first-order valence-corrected chi connectivity index (χ1v) is 7.79. The summed E-state index contributed by atoms with van der Waals surface area (Å²) in [5, 5.41) is 0. The summed E-state index contributed by atoms with van der Waals surface area (Å²) in [6, 6.07) is 27.9. The molecule has 4 rings (SSSR count). The minimum absolute atomic E-state index is 0.440. The molecule has 1 heteroatoms. The van der Waals surface area contributed by atoms with Gasteiger partial charge < -0.3 is 4.74 Å². The SMILES string of the molecule is c1ccc(-c2ccc(C3CCOc4ccccc43)cc2)cc1. The molecule has 22 heavy (non-hydrogen) atoms. The maximum Gasteiger partial charge on any atom is 0.123 e. The Kier molecular flexibility index (Phi) is 3.40. The highest BCUT2D eigenvalue weighted by Crippen LogP contribution is 2.38. The summed E-state index contributed by atoms with van der Waals surface area (Å²) >= 11 is 0. The molecule has 1 unspecified atom stereocenters. The van der Waals surface area contributed by atoms with Crippen LogP contribution in [-0.2, 0) is 0 Å². The first kappa shape index (κ1) is 13.1. The topological polar surface area (TPSA) is 9.23 Å². The van der Waals surface area contributed by atoms with Crippen molar-refractivity contribution in [2.24, 2.45) is 0 Å². The number of rotatable bonds is 2. The molecule has 0 bridgehead atoms. The zero-order chi connectivity index (χ0) is 14.8. The molecule has 0 radical (unpaired) electrons. The van der Waals surface area contributed by atoms with Crippen LogP contribution in [0.4, 0.5) is 0 Å². The molecule has 0 amide bonds. The first-order valence-electron chi connectivity index (χ1n) is 7.79. The monoisotopic (exact) mass is 286 g/mol. The second-order valence-electron chi connectivity index (χ2n) is 5.72. The van der Waals surface area contributed by atoms with Crippen molar-refractivity contribution in [3.8, 4) is 16.9 Å². The van der Waals surface area contributed by atoms with E-state index in [0.29, 0.717) is 5.92 Å². The van der Waals surface area contributed by atoms with Gasteiger partial charge in [0.05, 0.1) is 6.61 Å². The molecule has 0 saturated carbocycles. The third-order valence-corrected chi connectivity index (χ3v) is 4.38. The van der Waals surface area contributed by atoms with E-state index in [0.717, 1.165) is 18.8 Å². The second kappa shape index (κ2) is 5.69. The van der Waals surface area contributed by atoms with Crippen LogP contribution in [0.15, 0.2) is 78.9 Å². The fourth-order valence-electron chi connectivity index (χ4n) is 3.23. The summed E-state index contributed by atoms with van der Waals surface area (Å²) in [5.41, 5.74) is 5.21. The molecular weight excluding hydrogens is 268 g/mol. The Morgan fingerprint density at radius 1 is 0.682 bits per heavy atom. The van der Waals surface area contributed by atoms with Crippen molar-refractivity contribution in [2.75, 3.05) is 6.61 Å². The fraction of sp³-hybridized carbons (Fsp3) is 0.143. The van der Waals surface area contributed by atoms with Crippen LogP contribution >= 0.6 is 0 Å². The van der Waals surface area contributed by atoms with Crippen LogP contribution in [0.25, 0.3) is 11.1 Å². The molecule has 1 aliphatic heterocycles. The maximum absolute atomic E-state index is 5.77. The van der Waals surface area contributed by atoms with Crippen molar-refractivity contribution in [1.82, 2.24) is 0 Å². The standard InChI is InChI=1S/C21H18O/c1-2-6-16(7-3-1)17-10-12-18(13-11-17)19-14-15-22-21-9-5-4-8-20(19)21/h1-13,19H,14-15H2. The number of fused-ring (bicyclic) bond motifs is 1. The van der Waals surface area contributed by atoms with E-state index in [9.17, 15) is 0 Å². The van der Waals surface area contributed by atoms with Crippen molar-refractivity contribution in [3.05, 3.63) is 90.0 Å². The highest BCUT2D eigenvalue weighted by atomic mass is 16.5. The van der Waals surface area contributed by atoms with Crippen LogP contribution in [0.5, 0.6) is 5.75 Å². The maximum atomic E-state index is 5.77. The average molecular weight is 286 g/mol. The van der Waals surface area contributed by atoms with Crippen molar-refractivity contribution in [2.45, 2.75) is 12.3 Å². The van der Waals surface area contributed by atoms with Crippen molar-refractivity contribution < 1.29 is 4.74 Å². The molecule has 0 fully saturated rings. The lowest BCUT2D eigenvalue weighted by molar-refractivity contribution is 0.277.